The summed E-state index contributed by atoms with van der Waals surface area (Å²) in [6.07, 6.45) is 5.09. The highest BCUT2D eigenvalue weighted by Gasteiger charge is 2.08. The predicted octanol–water partition coefficient (Wildman–Crippen LogP) is 3.33. The van der Waals surface area contributed by atoms with Gasteiger partial charge in [-0.25, -0.2) is 4.98 Å². The van der Waals surface area contributed by atoms with Gasteiger partial charge in [0, 0.05) is 23.3 Å². The Kier molecular flexibility index (Phi) is 4.96. The maximum atomic E-state index is 4.64. The molecule has 2 rings (SSSR count). The molecule has 4 nitrogen and oxygen atoms in total. The summed E-state index contributed by atoms with van der Waals surface area (Å²) in [4.78, 5) is 5.65. The topological polar surface area (TPSA) is 42.7 Å². The van der Waals surface area contributed by atoms with E-state index >= 15 is 0 Å². The van der Waals surface area contributed by atoms with Crippen molar-refractivity contribution >= 4 is 16.5 Å². The number of thiazole rings is 1. The quantitative estimate of drug-likeness (QED) is 0.844. The van der Waals surface area contributed by atoms with E-state index in [0.717, 1.165) is 37.5 Å². The molecule has 0 saturated carbocycles. The van der Waals surface area contributed by atoms with E-state index in [1.54, 1.807) is 11.3 Å². The van der Waals surface area contributed by atoms with Crippen molar-refractivity contribution in [1.82, 2.24) is 14.8 Å². The standard InChI is InChI=1S/C14H22N4S/c1-4-7-15-14-16-9-13(19-14)10-18-12(6-3)8-11(5-2)17-18/h8-9H,4-7,10H2,1-3H3,(H,15,16). The van der Waals surface area contributed by atoms with Crippen molar-refractivity contribution in [2.45, 2.75) is 46.6 Å². The summed E-state index contributed by atoms with van der Waals surface area (Å²) in [5.41, 5.74) is 2.47. The third-order valence-electron chi connectivity index (χ3n) is 3.02. The van der Waals surface area contributed by atoms with E-state index < -0.39 is 0 Å². The van der Waals surface area contributed by atoms with Crippen LogP contribution in [0.4, 0.5) is 5.13 Å². The van der Waals surface area contributed by atoms with Gasteiger partial charge < -0.3 is 5.32 Å². The second kappa shape index (κ2) is 6.70. The molecule has 0 spiro atoms. The highest BCUT2D eigenvalue weighted by Crippen LogP contribution is 2.20. The molecule has 0 aromatic carbocycles. The first-order chi connectivity index (χ1) is 9.26. The number of nitrogens with one attached hydrogen (secondary N) is 1. The summed E-state index contributed by atoms with van der Waals surface area (Å²) >= 11 is 1.72. The zero-order valence-corrected chi connectivity index (χ0v) is 12.8. The Balaban J connectivity index is 2.07. The Morgan fingerprint density at radius 2 is 2.11 bits per heavy atom. The molecule has 2 heterocycles. The van der Waals surface area contributed by atoms with Gasteiger partial charge in [0.2, 0.25) is 0 Å². The fourth-order valence-corrected chi connectivity index (χ4v) is 2.77. The molecule has 0 bridgehead atoms. The summed E-state index contributed by atoms with van der Waals surface area (Å²) in [6, 6.07) is 2.21. The Hall–Kier alpha value is -1.36. The molecule has 0 fully saturated rings. The van der Waals surface area contributed by atoms with Gasteiger partial charge in [-0.05, 0) is 25.3 Å². The number of nitrogens with zero attached hydrogens (tertiary/aromatic N) is 3. The second-order valence-electron chi connectivity index (χ2n) is 4.55. The van der Waals surface area contributed by atoms with Crippen LogP contribution >= 0.6 is 11.3 Å². The van der Waals surface area contributed by atoms with Crippen LogP contribution in [0.15, 0.2) is 12.3 Å². The van der Waals surface area contributed by atoms with Crippen molar-refractivity contribution in [2.24, 2.45) is 0 Å². The molecule has 5 heteroatoms. The average Bonchev–Trinajstić information content (AvgIpc) is 3.03. The van der Waals surface area contributed by atoms with E-state index in [9.17, 15) is 0 Å². The molecule has 0 aliphatic heterocycles. The van der Waals surface area contributed by atoms with Crippen molar-refractivity contribution in [2.75, 3.05) is 11.9 Å². The van der Waals surface area contributed by atoms with Crippen molar-refractivity contribution in [1.29, 1.82) is 0 Å². The second-order valence-corrected chi connectivity index (χ2v) is 5.67. The van der Waals surface area contributed by atoms with Crippen LogP contribution in [0.2, 0.25) is 0 Å². The van der Waals surface area contributed by atoms with Gasteiger partial charge in [-0.3, -0.25) is 4.68 Å². The Labute approximate surface area is 118 Å². The van der Waals surface area contributed by atoms with Crippen LogP contribution in [0.25, 0.3) is 0 Å². The van der Waals surface area contributed by atoms with Crippen LogP contribution in [0.3, 0.4) is 0 Å². The molecule has 0 atom stereocenters. The number of anilines is 1. The van der Waals surface area contributed by atoms with Crippen LogP contribution in [-0.4, -0.2) is 21.3 Å². The normalized spacial score (nSPS) is 10.9. The third kappa shape index (κ3) is 3.56. The number of aryl methyl sites for hydroxylation is 2. The lowest BCUT2D eigenvalue weighted by Crippen LogP contribution is -2.04. The Bertz CT molecular complexity index is 515. The minimum Gasteiger partial charge on any atom is -0.362 e. The van der Waals surface area contributed by atoms with Gasteiger partial charge in [0.25, 0.3) is 0 Å². The minimum absolute atomic E-state index is 0.828. The van der Waals surface area contributed by atoms with Crippen LogP contribution in [-0.2, 0) is 19.4 Å². The molecule has 1 N–H and O–H groups in total. The zero-order chi connectivity index (χ0) is 13.7. The van der Waals surface area contributed by atoms with Gasteiger partial charge in [0.1, 0.15) is 0 Å². The molecule has 2 aromatic heterocycles. The van der Waals surface area contributed by atoms with Gasteiger partial charge in [-0.1, -0.05) is 20.8 Å². The monoisotopic (exact) mass is 278 g/mol. The Morgan fingerprint density at radius 3 is 2.79 bits per heavy atom. The lowest BCUT2D eigenvalue weighted by molar-refractivity contribution is 0.646. The van der Waals surface area contributed by atoms with E-state index in [1.807, 2.05) is 6.20 Å². The highest BCUT2D eigenvalue weighted by atomic mass is 32.1. The van der Waals surface area contributed by atoms with E-state index in [-0.39, 0.29) is 0 Å². The summed E-state index contributed by atoms with van der Waals surface area (Å²) < 4.78 is 2.11. The molecular formula is C14H22N4S. The lowest BCUT2D eigenvalue weighted by atomic mass is 10.2. The average molecular weight is 278 g/mol. The highest BCUT2D eigenvalue weighted by molar-refractivity contribution is 7.15. The predicted molar refractivity (Wildman–Crippen MR) is 81.0 cm³/mol. The third-order valence-corrected chi connectivity index (χ3v) is 3.96. The maximum absolute atomic E-state index is 4.64. The first kappa shape index (κ1) is 14.1. The molecule has 2 aromatic rings. The van der Waals surface area contributed by atoms with Gasteiger partial charge in [-0.15, -0.1) is 11.3 Å². The van der Waals surface area contributed by atoms with Crippen LogP contribution in [0, 0.1) is 0 Å². The molecule has 0 aliphatic carbocycles. The molecule has 0 unspecified atom stereocenters. The molecule has 104 valence electrons. The largest absolute Gasteiger partial charge is 0.362 e. The number of hydrogen-bond acceptors (Lipinski definition) is 4. The SMILES string of the molecule is CCCNc1ncc(Cn2nc(CC)cc2CC)s1. The van der Waals surface area contributed by atoms with Crippen LogP contribution in [0.5, 0.6) is 0 Å². The van der Waals surface area contributed by atoms with Gasteiger partial charge in [0.05, 0.1) is 12.2 Å². The minimum atomic E-state index is 0.828. The molecular weight excluding hydrogens is 256 g/mol. The van der Waals surface area contributed by atoms with E-state index in [2.05, 4.69) is 46.9 Å². The number of hydrogen-bond donors (Lipinski definition) is 1. The smallest absolute Gasteiger partial charge is 0.182 e. The first-order valence-electron chi connectivity index (χ1n) is 7.01. The zero-order valence-electron chi connectivity index (χ0n) is 11.9. The van der Waals surface area contributed by atoms with Crippen molar-refractivity contribution in [3.63, 3.8) is 0 Å². The summed E-state index contributed by atoms with van der Waals surface area (Å²) in [5.74, 6) is 0. The molecule has 0 radical (unpaired) electrons. The molecule has 0 saturated heterocycles. The summed E-state index contributed by atoms with van der Waals surface area (Å²) in [6.45, 7) is 8.29. The van der Waals surface area contributed by atoms with E-state index in [4.69, 9.17) is 0 Å². The summed E-state index contributed by atoms with van der Waals surface area (Å²) in [5, 5.41) is 8.98. The number of rotatable bonds is 7. The maximum Gasteiger partial charge on any atom is 0.182 e. The van der Waals surface area contributed by atoms with Gasteiger partial charge in [0.15, 0.2) is 5.13 Å². The van der Waals surface area contributed by atoms with Crippen molar-refractivity contribution in [3.8, 4) is 0 Å². The fourth-order valence-electron chi connectivity index (χ4n) is 1.95. The fraction of sp³-hybridized carbons (Fsp3) is 0.571. The van der Waals surface area contributed by atoms with Gasteiger partial charge in [-0.2, -0.15) is 5.10 Å². The van der Waals surface area contributed by atoms with Crippen LogP contribution < -0.4 is 5.32 Å². The van der Waals surface area contributed by atoms with Crippen LogP contribution in [0.1, 0.15) is 43.5 Å². The molecule has 0 aliphatic rings. The number of aromatic nitrogens is 3. The molecule has 19 heavy (non-hydrogen) atoms. The van der Waals surface area contributed by atoms with Gasteiger partial charge >= 0.3 is 0 Å². The molecule has 0 amide bonds. The Morgan fingerprint density at radius 1 is 1.26 bits per heavy atom. The lowest BCUT2D eigenvalue weighted by Gasteiger charge is -2.03. The summed E-state index contributed by atoms with van der Waals surface area (Å²) in [7, 11) is 0. The van der Waals surface area contributed by atoms with Crippen molar-refractivity contribution < 1.29 is 0 Å². The van der Waals surface area contributed by atoms with E-state index in [0.29, 0.717) is 0 Å². The first-order valence-corrected chi connectivity index (χ1v) is 7.82. The van der Waals surface area contributed by atoms with Crippen molar-refractivity contribution in [3.05, 3.63) is 28.5 Å². The van der Waals surface area contributed by atoms with E-state index in [1.165, 1.54) is 16.3 Å².